The maximum absolute atomic E-state index is 11.5. The molecule has 2 aromatic carbocycles. The molecule has 2 aromatic rings. The number of phenols is 2. The fourth-order valence-corrected chi connectivity index (χ4v) is 2.57. The molecule has 25 heavy (non-hydrogen) atoms. The van der Waals surface area contributed by atoms with Crippen molar-refractivity contribution < 1.29 is 24.9 Å². The van der Waals surface area contributed by atoms with Gasteiger partial charge >= 0.3 is 5.97 Å². The number of carboxylic acids is 1. The number of benzene rings is 2. The first-order valence-electron chi connectivity index (χ1n) is 7.63. The van der Waals surface area contributed by atoms with Gasteiger partial charge in [-0.3, -0.25) is 10.6 Å². The Kier molecular flexibility index (Phi) is 5.20. The van der Waals surface area contributed by atoms with E-state index < -0.39 is 11.5 Å². The molecule has 0 aliphatic heterocycles. The van der Waals surface area contributed by atoms with Crippen LogP contribution in [0.15, 0.2) is 30.3 Å². The van der Waals surface area contributed by atoms with Crippen LogP contribution in [0.4, 0.5) is 0 Å². The molecule has 0 aliphatic rings. The largest absolute Gasteiger partial charge is 0.504 e. The van der Waals surface area contributed by atoms with Crippen molar-refractivity contribution in [3.8, 4) is 28.4 Å². The zero-order valence-electron chi connectivity index (χ0n) is 14.3. The van der Waals surface area contributed by atoms with Crippen LogP contribution in [0.2, 0.25) is 0 Å². The number of hydrogen-bond donors (Lipinski definition) is 5. The van der Waals surface area contributed by atoms with Crippen LogP contribution in [0.1, 0.15) is 18.1 Å². The molecule has 7 heteroatoms. The molecule has 0 aliphatic carbocycles. The number of nitrogens with one attached hydrogen (secondary N) is 1. The number of rotatable bonds is 6. The average Bonchev–Trinajstić information content (AvgIpc) is 2.61. The fraction of sp³-hybridized carbons (Fsp3) is 0.278. The summed E-state index contributed by atoms with van der Waals surface area (Å²) in [6, 6.07) is 8.64. The topological polar surface area (TPSA) is 125 Å². The van der Waals surface area contributed by atoms with Crippen molar-refractivity contribution in [2.75, 3.05) is 7.11 Å². The minimum Gasteiger partial charge on any atom is -0.504 e. The van der Waals surface area contributed by atoms with Crippen LogP contribution in [0.3, 0.4) is 0 Å². The highest BCUT2D eigenvalue weighted by Crippen LogP contribution is 2.42. The standard InChI is InChI=1S/C18H22N2O5/c1-10-12(9-18(2,20-19)17(23)24)8-14(16(22)15(10)21)11-5-4-6-13(7-11)25-3/h4-8,20-22H,9,19H2,1-3H3,(H,23,24)/t18-/m0/s1. The predicted molar refractivity (Wildman–Crippen MR) is 93.6 cm³/mol. The van der Waals surface area contributed by atoms with Gasteiger partial charge in [0, 0.05) is 12.0 Å². The molecule has 0 unspecified atom stereocenters. The van der Waals surface area contributed by atoms with E-state index >= 15 is 0 Å². The number of phenolic OH excluding ortho intramolecular Hbond substituents is 2. The molecule has 0 heterocycles. The molecular formula is C18H22N2O5. The molecule has 0 aromatic heterocycles. The number of nitrogens with two attached hydrogens (primary N) is 1. The second-order valence-corrected chi connectivity index (χ2v) is 6.10. The highest BCUT2D eigenvalue weighted by Gasteiger charge is 2.33. The SMILES string of the molecule is COc1cccc(-c2cc(C[C@](C)(NN)C(=O)O)c(C)c(O)c2O)c1. The molecule has 0 bridgehead atoms. The lowest BCUT2D eigenvalue weighted by Crippen LogP contribution is -2.54. The first-order valence-corrected chi connectivity index (χ1v) is 7.63. The number of aromatic hydroxyl groups is 2. The van der Waals surface area contributed by atoms with Crippen LogP contribution >= 0.6 is 0 Å². The van der Waals surface area contributed by atoms with Crippen LogP contribution < -0.4 is 16.0 Å². The Morgan fingerprint density at radius 3 is 2.52 bits per heavy atom. The molecule has 2 rings (SSSR count). The Balaban J connectivity index is 2.60. The van der Waals surface area contributed by atoms with Gasteiger partial charge in [0.05, 0.1) is 7.11 Å². The highest BCUT2D eigenvalue weighted by molar-refractivity contribution is 5.80. The summed E-state index contributed by atoms with van der Waals surface area (Å²) in [6.07, 6.45) is 0.0233. The average molecular weight is 346 g/mol. The van der Waals surface area contributed by atoms with Crippen molar-refractivity contribution >= 4 is 5.97 Å². The van der Waals surface area contributed by atoms with Crippen molar-refractivity contribution in [2.45, 2.75) is 25.8 Å². The van der Waals surface area contributed by atoms with Gasteiger partial charge in [0.25, 0.3) is 0 Å². The molecule has 6 N–H and O–H groups in total. The number of carbonyl (C=O) groups is 1. The van der Waals surface area contributed by atoms with Crippen LogP contribution in [0.5, 0.6) is 17.2 Å². The molecule has 0 amide bonds. The first-order chi connectivity index (χ1) is 11.7. The first kappa shape index (κ1) is 18.6. The summed E-state index contributed by atoms with van der Waals surface area (Å²) < 4.78 is 5.18. The van der Waals surface area contributed by atoms with E-state index in [1.54, 1.807) is 37.3 Å². The molecule has 0 radical (unpaired) electrons. The highest BCUT2D eigenvalue weighted by atomic mass is 16.5. The lowest BCUT2D eigenvalue weighted by atomic mass is 9.88. The van der Waals surface area contributed by atoms with Crippen molar-refractivity contribution in [2.24, 2.45) is 5.84 Å². The molecule has 134 valence electrons. The van der Waals surface area contributed by atoms with Crippen LogP contribution in [-0.4, -0.2) is 33.9 Å². The normalized spacial score (nSPS) is 13.3. The van der Waals surface area contributed by atoms with Crippen molar-refractivity contribution in [1.82, 2.24) is 5.43 Å². The number of ether oxygens (including phenoxy) is 1. The molecule has 0 fully saturated rings. The smallest absolute Gasteiger partial charge is 0.325 e. The van der Waals surface area contributed by atoms with E-state index in [0.29, 0.717) is 28.0 Å². The van der Waals surface area contributed by atoms with Crippen LogP contribution in [-0.2, 0) is 11.2 Å². The minimum atomic E-state index is -1.42. The zero-order chi connectivity index (χ0) is 18.8. The van der Waals surface area contributed by atoms with Gasteiger partial charge < -0.3 is 20.1 Å². The lowest BCUT2D eigenvalue weighted by Gasteiger charge is -2.25. The van der Waals surface area contributed by atoms with Crippen molar-refractivity contribution in [3.63, 3.8) is 0 Å². The zero-order valence-corrected chi connectivity index (χ0v) is 14.3. The van der Waals surface area contributed by atoms with Crippen LogP contribution in [0, 0.1) is 6.92 Å². The molecule has 0 saturated heterocycles. The number of carboxylic acid groups (broad SMARTS) is 1. The number of hydrazine groups is 1. The monoisotopic (exact) mass is 346 g/mol. The van der Waals surface area contributed by atoms with Gasteiger partial charge in [-0.25, -0.2) is 5.43 Å². The van der Waals surface area contributed by atoms with Gasteiger partial charge in [-0.05, 0) is 48.7 Å². The summed E-state index contributed by atoms with van der Waals surface area (Å²) in [6.45, 7) is 3.06. The molecule has 0 spiro atoms. The fourth-order valence-electron chi connectivity index (χ4n) is 2.57. The van der Waals surface area contributed by atoms with Crippen molar-refractivity contribution in [1.29, 1.82) is 0 Å². The molecular weight excluding hydrogens is 324 g/mol. The summed E-state index contributed by atoms with van der Waals surface area (Å²) in [4.78, 5) is 11.5. The van der Waals surface area contributed by atoms with Gasteiger partial charge in [-0.1, -0.05) is 12.1 Å². The van der Waals surface area contributed by atoms with Gasteiger partial charge in [-0.2, -0.15) is 0 Å². The third kappa shape index (κ3) is 3.52. The summed E-state index contributed by atoms with van der Waals surface area (Å²) in [5.41, 5.74) is 2.84. The summed E-state index contributed by atoms with van der Waals surface area (Å²) >= 11 is 0. The Labute approximate surface area is 145 Å². The van der Waals surface area contributed by atoms with E-state index in [9.17, 15) is 20.1 Å². The Morgan fingerprint density at radius 1 is 1.28 bits per heavy atom. The summed E-state index contributed by atoms with van der Waals surface area (Å²) in [5.74, 6) is 4.31. The maximum atomic E-state index is 11.5. The second kappa shape index (κ2) is 7.00. The van der Waals surface area contributed by atoms with E-state index in [2.05, 4.69) is 5.43 Å². The van der Waals surface area contributed by atoms with E-state index in [1.807, 2.05) is 0 Å². The number of methoxy groups -OCH3 is 1. The van der Waals surface area contributed by atoms with Crippen molar-refractivity contribution in [3.05, 3.63) is 41.5 Å². The molecule has 0 saturated carbocycles. The van der Waals surface area contributed by atoms with E-state index in [4.69, 9.17) is 10.6 Å². The van der Waals surface area contributed by atoms with Gasteiger partial charge in [-0.15, -0.1) is 0 Å². The van der Waals surface area contributed by atoms with Gasteiger partial charge in [0.15, 0.2) is 11.5 Å². The number of aliphatic carboxylic acids is 1. The summed E-state index contributed by atoms with van der Waals surface area (Å²) in [5, 5.41) is 30.0. The minimum absolute atomic E-state index is 0.0233. The molecule has 7 nitrogen and oxygen atoms in total. The predicted octanol–water partition coefficient (Wildman–Crippen LogP) is 1.93. The maximum Gasteiger partial charge on any atom is 0.325 e. The third-order valence-electron chi connectivity index (χ3n) is 4.35. The van der Waals surface area contributed by atoms with Gasteiger partial charge in [0.1, 0.15) is 11.3 Å². The van der Waals surface area contributed by atoms with E-state index in [-0.39, 0.29) is 17.9 Å². The lowest BCUT2D eigenvalue weighted by molar-refractivity contribution is -0.144. The Hall–Kier alpha value is -2.77. The Morgan fingerprint density at radius 2 is 1.96 bits per heavy atom. The Bertz CT molecular complexity index is 806. The quantitative estimate of drug-likeness (QED) is 0.307. The van der Waals surface area contributed by atoms with Gasteiger partial charge in [0.2, 0.25) is 0 Å². The van der Waals surface area contributed by atoms with Crippen LogP contribution in [0.25, 0.3) is 11.1 Å². The number of hydrogen-bond acceptors (Lipinski definition) is 6. The molecule has 1 atom stereocenters. The summed E-state index contributed by atoms with van der Waals surface area (Å²) in [7, 11) is 1.53. The second-order valence-electron chi connectivity index (χ2n) is 6.10. The van der Waals surface area contributed by atoms with E-state index in [0.717, 1.165) is 0 Å². The van der Waals surface area contributed by atoms with E-state index in [1.165, 1.54) is 14.0 Å². The third-order valence-corrected chi connectivity index (χ3v) is 4.35.